The van der Waals surface area contributed by atoms with Crippen molar-refractivity contribution in [1.29, 1.82) is 0 Å². The molecule has 0 radical (unpaired) electrons. The zero-order chi connectivity index (χ0) is 21.7. The van der Waals surface area contributed by atoms with Crippen LogP contribution in [0.2, 0.25) is 0 Å². The first-order valence-electron chi connectivity index (χ1n) is 10.1. The van der Waals surface area contributed by atoms with Crippen LogP contribution in [0.3, 0.4) is 0 Å². The van der Waals surface area contributed by atoms with Crippen molar-refractivity contribution in [2.75, 3.05) is 5.32 Å². The lowest BCUT2D eigenvalue weighted by molar-refractivity contribution is -0.136. The Balaban J connectivity index is 1.64. The Morgan fingerprint density at radius 2 is 1.93 bits per heavy atom. The molecular formula is C21H28N6O3. The number of aromatic nitrogens is 2. The number of aryl methyl sites for hydroxylation is 2. The van der Waals surface area contributed by atoms with Crippen molar-refractivity contribution >= 4 is 23.5 Å². The Kier molecular flexibility index (Phi) is 6.83. The molecule has 0 spiro atoms. The number of benzene rings is 1. The molecule has 1 aliphatic heterocycles. The molecule has 4 N–H and O–H groups in total. The molecule has 160 valence electrons. The fraction of sp³-hybridized carbons (Fsp3) is 0.429. The Bertz CT molecular complexity index is 921. The van der Waals surface area contributed by atoms with E-state index in [0.717, 1.165) is 24.0 Å². The molecule has 3 amide bonds. The Hall–Kier alpha value is -3.20. The highest BCUT2D eigenvalue weighted by atomic mass is 16.2. The van der Waals surface area contributed by atoms with Crippen LogP contribution in [-0.2, 0) is 20.9 Å². The number of hydrogen-bond acceptors (Lipinski definition) is 5. The highest BCUT2D eigenvalue weighted by Crippen LogP contribution is 2.18. The first kappa shape index (κ1) is 21.5. The first-order valence-corrected chi connectivity index (χ1v) is 10.1. The van der Waals surface area contributed by atoms with Crippen molar-refractivity contribution in [3.05, 3.63) is 47.2 Å². The van der Waals surface area contributed by atoms with Crippen molar-refractivity contribution in [3.63, 3.8) is 0 Å². The van der Waals surface area contributed by atoms with Gasteiger partial charge in [0.2, 0.25) is 5.91 Å². The molecule has 1 fully saturated rings. The SMILES string of the molecule is CCCC1CC(=O)NC(n2nc(C)cc2NC(=O)C(=O)NCc2ccc(C)cc2)N1. The fourth-order valence-corrected chi connectivity index (χ4v) is 3.37. The first-order chi connectivity index (χ1) is 14.4. The maximum Gasteiger partial charge on any atom is 0.314 e. The fourth-order valence-electron chi connectivity index (χ4n) is 3.37. The van der Waals surface area contributed by atoms with Crippen LogP contribution in [0.1, 0.15) is 49.3 Å². The van der Waals surface area contributed by atoms with Crippen LogP contribution in [-0.4, -0.2) is 33.5 Å². The lowest BCUT2D eigenvalue weighted by atomic mass is 10.1. The molecule has 2 atom stereocenters. The average Bonchev–Trinajstić information content (AvgIpc) is 3.07. The molecule has 2 aromatic rings. The highest BCUT2D eigenvalue weighted by molar-refractivity contribution is 6.39. The van der Waals surface area contributed by atoms with Gasteiger partial charge in [-0.2, -0.15) is 5.10 Å². The van der Waals surface area contributed by atoms with Crippen LogP contribution in [0.4, 0.5) is 5.82 Å². The van der Waals surface area contributed by atoms with Crippen molar-refractivity contribution in [1.82, 2.24) is 25.7 Å². The normalized spacial score (nSPS) is 18.6. The van der Waals surface area contributed by atoms with Crippen molar-refractivity contribution in [2.45, 2.75) is 58.9 Å². The van der Waals surface area contributed by atoms with Gasteiger partial charge in [-0.05, 0) is 25.8 Å². The van der Waals surface area contributed by atoms with E-state index < -0.39 is 18.1 Å². The van der Waals surface area contributed by atoms with E-state index in [0.29, 0.717) is 17.9 Å². The number of hydrogen-bond donors (Lipinski definition) is 4. The van der Waals surface area contributed by atoms with Gasteiger partial charge in [0.1, 0.15) is 5.82 Å². The molecule has 0 aliphatic carbocycles. The number of carbonyl (C=O) groups is 3. The summed E-state index contributed by atoms with van der Waals surface area (Å²) in [6.45, 7) is 6.07. The van der Waals surface area contributed by atoms with E-state index in [-0.39, 0.29) is 18.5 Å². The van der Waals surface area contributed by atoms with E-state index in [1.807, 2.05) is 31.2 Å². The van der Waals surface area contributed by atoms with Gasteiger partial charge < -0.3 is 16.0 Å². The van der Waals surface area contributed by atoms with Gasteiger partial charge in [-0.3, -0.25) is 19.7 Å². The van der Waals surface area contributed by atoms with Crippen LogP contribution in [0.5, 0.6) is 0 Å². The summed E-state index contributed by atoms with van der Waals surface area (Å²) >= 11 is 0. The number of rotatable bonds is 6. The molecule has 1 aromatic carbocycles. The summed E-state index contributed by atoms with van der Waals surface area (Å²) in [5, 5.41) is 15.7. The number of nitrogens with zero attached hydrogens (tertiary/aromatic N) is 2. The minimum Gasteiger partial charge on any atom is -0.344 e. The lowest BCUT2D eigenvalue weighted by Crippen LogP contribution is -2.53. The van der Waals surface area contributed by atoms with Gasteiger partial charge in [-0.1, -0.05) is 43.2 Å². The minimum atomic E-state index is -0.796. The maximum absolute atomic E-state index is 12.4. The largest absolute Gasteiger partial charge is 0.344 e. The van der Waals surface area contributed by atoms with Crippen LogP contribution < -0.4 is 21.3 Å². The Morgan fingerprint density at radius 3 is 2.63 bits per heavy atom. The van der Waals surface area contributed by atoms with Gasteiger partial charge in [-0.15, -0.1) is 0 Å². The highest BCUT2D eigenvalue weighted by Gasteiger charge is 2.29. The van der Waals surface area contributed by atoms with Crippen molar-refractivity contribution in [3.8, 4) is 0 Å². The lowest BCUT2D eigenvalue weighted by Gasteiger charge is -2.32. The predicted molar refractivity (Wildman–Crippen MR) is 112 cm³/mol. The molecule has 1 aliphatic rings. The van der Waals surface area contributed by atoms with Gasteiger partial charge >= 0.3 is 11.8 Å². The summed E-state index contributed by atoms with van der Waals surface area (Å²) in [6, 6.07) is 9.37. The van der Waals surface area contributed by atoms with Crippen LogP contribution in [0, 0.1) is 13.8 Å². The summed E-state index contributed by atoms with van der Waals surface area (Å²) < 4.78 is 1.49. The number of nitrogens with one attached hydrogen (secondary N) is 4. The zero-order valence-corrected chi connectivity index (χ0v) is 17.5. The van der Waals surface area contributed by atoms with E-state index in [2.05, 4.69) is 33.3 Å². The molecule has 0 saturated carbocycles. The third-order valence-corrected chi connectivity index (χ3v) is 4.88. The van der Waals surface area contributed by atoms with Crippen LogP contribution in [0.25, 0.3) is 0 Å². The minimum absolute atomic E-state index is 0.0274. The van der Waals surface area contributed by atoms with Crippen LogP contribution in [0.15, 0.2) is 30.3 Å². The molecule has 30 heavy (non-hydrogen) atoms. The molecule has 2 unspecified atom stereocenters. The zero-order valence-electron chi connectivity index (χ0n) is 17.5. The van der Waals surface area contributed by atoms with E-state index in [1.54, 1.807) is 13.0 Å². The summed E-state index contributed by atoms with van der Waals surface area (Å²) in [5.74, 6) is -1.29. The topological polar surface area (TPSA) is 117 Å². The maximum atomic E-state index is 12.4. The molecule has 9 heteroatoms. The van der Waals surface area contributed by atoms with E-state index in [4.69, 9.17) is 0 Å². The van der Waals surface area contributed by atoms with Gasteiger partial charge in [-0.25, -0.2) is 4.68 Å². The molecule has 1 saturated heterocycles. The second kappa shape index (κ2) is 9.53. The van der Waals surface area contributed by atoms with E-state index in [9.17, 15) is 14.4 Å². The Labute approximate surface area is 175 Å². The summed E-state index contributed by atoms with van der Waals surface area (Å²) in [6.07, 6.45) is 1.60. The third kappa shape index (κ3) is 5.44. The molecular weight excluding hydrogens is 384 g/mol. The van der Waals surface area contributed by atoms with E-state index >= 15 is 0 Å². The molecule has 0 bridgehead atoms. The third-order valence-electron chi connectivity index (χ3n) is 4.88. The van der Waals surface area contributed by atoms with Crippen LogP contribution >= 0.6 is 0 Å². The smallest absolute Gasteiger partial charge is 0.314 e. The number of amides is 3. The molecule has 9 nitrogen and oxygen atoms in total. The van der Waals surface area contributed by atoms with Crippen molar-refractivity contribution < 1.29 is 14.4 Å². The second-order valence-electron chi connectivity index (χ2n) is 7.56. The summed E-state index contributed by atoms with van der Waals surface area (Å²) in [5.41, 5.74) is 2.67. The second-order valence-corrected chi connectivity index (χ2v) is 7.56. The summed E-state index contributed by atoms with van der Waals surface area (Å²) in [4.78, 5) is 36.7. The van der Waals surface area contributed by atoms with Gasteiger partial charge in [0.05, 0.1) is 5.69 Å². The molecule has 3 rings (SSSR count). The average molecular weight is 412 g/mol. The predicted octanol–water partition coefficient (Wildman–Crippen LogP) is 1.49. The van der Waals surface area contributed by atoms with E-state index in [1.165, 1.54) is 4.68 Å². The summed E-state index contributed by atoms with van der Waals surface area (Å²) in [7, 11) is 0. The van der Waals surface area contributed by atoms with Gasteiger partial charge in [0.25, 0.3) is 0 Å². The van der Waals surface area contributed by atoms with Crippen molar-refractivity contribution in [2.24, 2.45) is 0 Å². The number of anilines is 1. The molecule has 1 aromatic heterocycles. The Morgan fingerprint density at radius 1 is 1.20 bits per heavy atom. The molecule has 2 heterocycles. The standard InChI is InChI=1S/C21H28N6O3/c1-4-5-16-11-18(28)25-21(23-16)27-17(10-14(3)26-27)24-20(30)19(29)22-12-15-8-6-13(2)7-9-15/h6-10,16,21,23H,4-5,11-12H2,1-3H3,(H,22,29)(H,24,30)(H,25,28). The number of carbonyl (C=O) groups excluding carboxylic acids is 3. The van der Waals surface area contributed by atoms with Gasteiger partial charge in [0.15, 0.2) is 6.29 Å². The quantitative estimate of drug-likeness (QED) is 0.536. The van der Waals surface area contributed by atoms with Gasteiger partial charge in [0, 0.05) is 25.1 Å². The monoisotopic (exact) mass is 412 g/mol.